The average Bonchev–Trinajstić information content (AvgIpc) is 2.65. The molecule has 0 bridgehead atoms. The molecular weight excluding hydrogens is 311 g/mol. The molecule has 0 aliphatic rings. The van der Waals surface area contributed by atoms with E-state index in [9.17, 15) is 4.39 Å². The molecule has 3 rings (SSSR count). The fraction of sp³-hybridized carbons (Fsp3) is 0.273. The van der Waals surface area contributed by atoms with Gasteiger partial charge in [0.05, 0.1) is 0 Å². The molecule has 0 unspecified atom stereocenters. The number of hydrogen-bond donors (Lipinski definition) is 2. The molecule has 3 aromatic carbocycles. The number of fused-ring (bicyclic) bond motifs is 1. The van der Waals surface area contributed by atoms with Crippen molar-refractivity contribution in [2.75, 3.05) is 19.6 Å². The maximum absolute atomic E-state index is 13.5. The highest BCUT2D eigenvalue weighted by atomic mass is 19.1. The first-order valence-electron chi connectivity index (χ1n) is 8.91. The molecule has 0 spiro atoms. The average molecular weight is 336 g/mol. The van der Waals surface area contributed by atoms with Crippen LogP contribution in [-0.4, -0.2) is 19.6 Å². The number of halogens is 1. The molecule has 0 aliphatic carbocycles. The third kappa shape index (κ3) is 4.65. The van der Waals surface area contributed by atoms with Gasteiger partial charge in [-0.15, -0.1) is 0 Å². The van der Waals surface area contributed by atoms with Gasteiger partial charge in [0.15, 0.2) is 0 Å². The van der Waals surface area contributed by atoms with Crippen LogP contribution in [0.1, 0.15) is 24.1 Å². The summed E-state index contributed by atoms with van der Waals surface area (Å²) >= 11 is 0. The van der Waals surface area contributed by atoms with Crippen LogP contribution in [0, 0.1) is 5.82 Å². The van der Waals surface area contributed by atoms with E-state index >= 15 is 0 Å². The Bertz CT molecular complexity index is 810. The van der Waals surface area contributed by atoms with Crippen LogP contribution in [-0.2, 0) is 6.42 Å². The van der Waals surface area contributed by atoms with Gasteiger partial charge < -0.3 is 10.6 Å². The third-order valence-electron chi connectivity index (χ3n) is 4.57. The summed E-state index contributed by atoms with van der Waals surface area (Å²) in [5.74, 6) is -0.119. The van der Waals surface area contributed by atoms with E-state index in [0.29, 0.717) is 12.5 Å². The minimum Gasteiger partial charge on any atom is -0.315 e. The van der Waals surface area contributed by atoms with Gasteiger partial charge in [0.25, 0.3) is 0 Å². The molecule has 2 N–H and O–H groups in total. The second-order valence-corrected chi connectivity index (χ2v) is 6.34. The van der Waals surface area contributed by atoms with E-state index in [-0.39, 0.29) is 5.82 Å². The standard InChI is InChI=1S/C22H25FN2/c1-17(20-11-6-9-18-7-2-4-10-21(18)20)25-16-15-24-14-13-19-8-3-5-12-22(19)23/h2-12,17,24-25H,13-16H2,1H3/t17-/m0/s1. The molecule has 0 amide bonds. The highest BCUT2D eigenvalue weighted by molar-refractivity contribution is 5.86. The third-order valence-corrected chi connectivity index (χ3v) is 4.57. The quantitative estimate of drug-likeness (QED) is 0.593. The number of nitrogens with one attached hydrogen (secondary N) is 2. The Hall–Kier alpha value is -2.23. The van der Waals surface area contributed by atoms with Crippen LogP contribution in [0.2, 0.25) is 0 Å². The number of rotatable bonds is 8. The van der Waals surface area contributed by atoms with Crippen LogP contribution in [0.15, 0.2) is 66.7 Å². The van der Waals surface area contributed by atoms with Crippen molar-refractivity contribution >= 4 is 10.8 Å². The first kappa shape index (κ1) is 17.6. The summed E-state index contributed by atoms with van der Waals surface area (Å²) in [6, 6.07) is 22.2. The monoisotopic (exact) mass is 336 g/mol. The zero-order chi connectivity index (χ0) is 17.5. The van der Waals surface area contributed by atoms with Gasteiger partial charge >= 0.3 is 0 Å². The van der Waals surface area contributed by atoms with Crippen molar-refractivity contribution in [2.24, 2.45) is 0 Å². The highest BCUT2D eigenvalue weighted by Crippen LogP contribution is 2.23. The predicted octanol–water partition coefficient (Wildman–Crippen LogP) is 4.46. The Morgan fingerprint density at radius 1 is 0.840 bits per heavy atom. The van der Waals surface area contributed by atoms with Crippen LogP contribution >= 0.6 is 0 Å². The van der Waals surface area contributed by atoms with Gasteiger partial charge in [-0.05, 0) is 47.9 Å². The molecule has 3 aromatic rings. The van der Waals surface area contributed by atoms with E-state index in [0.717, 1.165) is 25.2 Å². The van der Waals surface area contributed by atoms with Crippen LogP contribution in [0.25, 0.3) is 10.8 Å². The smallest absolute Gasteiger partial charge is 0.126 e. The molecule has 0 radical (unpaired) electrons. The van der Waals surface area contributed by atoms with Crippen molar-refractivity contribution in [3.8, 4) is 0 Å². The van der Waals surface area contributed by atoms with Gasteiger partial charge in [-0.3, -0.25) is 0 Å². The van der Waals surface area contributed by atoms with E-state index in [1.165, 1.54) is 22.4 Å². The minimum absolute atomic E-state index is 0.119. The zero-order valence-electron chi connectivity index (χ0n) is 14.6. The lowest BCUT2D eigenvalue weighted by Gasteiger charge is -2.17. The summed E-state index contributed by atoms with van der Waals surface area (Å²) in [5, 5.41) is 9.52. The van der Waals surface area contributed by atoms with E-state index < -0.39 is 0 Å². The van der Waals surface area contributed by atoms with Crippen molar-refractivity contribution < 1.29 is 4.39 Å². The van der Waals surface area contributed by atoms with Crippen molar-refractivity contribution in [1.29, 1.82) is 0 Å². The van der Waals surface area contributed by atoms with Gasteiger partial charge in [-0.25, -0.2) is 4.39 Å². The molecule has 0 fully saturated rings. The number of hydrogen-bond acceptors (Lipinski definition) is 2. The Morgan fingerprint density at radius 2 is 1.60 bits per heavy atom. The second-order valence-electron chi connectivity index (χ2n) is 6.34. The normalized spacial score (nSPS) is 12.4. The van der Waals surface area contributed by atoms with Gasteiger partial charge in [0, 0.05) is 19.1 Å². The van der Waals surface area contributed by atoms with Crippen LogP contribution in [0.5, 0.6) is 0 Å². The molecule has 0 saturated heterocycles. The topological polar surface area (TPSA) is 24.1 Å². The SMILES string of the molecule is C[C@H](NCCNCCc1ccccc1F)c1cccc2ccccc12. The molecule has 0 aromatic heterocycles. The zero-order valence-corrected chi connectivity index (χ0v) is 14.6. The Labute approximate surface area is 149 Å². The lowest BCUT2D eigenvalue weighted by molar-refractivity contribution is 0.545. The lowest BCUT2D eigenvalue weighted by atomic mass is 10.00. The maximum atomic E-state index is 13.5. The molecule has 0 saturated carbocycles. The fourth-order valence-corrected chi connectivity index (χ4v) is 3.16. The van der Waals surface area contributed by atoms with E-state index in [2.05, 4.69) is 60.0 Å². The van der Waals surface area contributed by atoms with Crippen LogP contribution in [0.3, 0.4) is 0 Å². The molecule has 1 atom stereocenters. The van der Waals surface area contributed by atoms with Gasteiger partial charge in [0.2, 0.25) is 0 Å². The Kier molecular flexibility index (Phi) is 6.15. The molecule has 0 aliphatic heterocycles. The summed E-state index contributed by atoms with van der Waals surface area (Å²) in [6.07, 6.45) is 0.714. The van der Waals surface area contributed by atoms with E-state index in [4.69, 9.17) is 0 Å². The summed E-state index contributed by atoms with van der Waals surface area (Å²) < 4.78 is 13.5. The summed E-state index contributed by atoms with van der Waals surface area (Å²) in [7, 11) is 0. The maximum Gasteiger partial charge on any atom is 0.126 e. The van der Waals surface area contributed by atoms with Crippen molar-refractivity contribution in [1.82, 2.24) is 10.6 Å². The van der Waals surface area contributed by atoms with E-state index in [1.807, 2.05) is 12.1 Å². The molecule has 25 heavy (non-hydrogen) atoms. The summed E-state index contributed by atoms with van der Waals surface area (Å²) in [6.45, 7) is 4.72. The van der Waals surface area contributed by atoms with Crippen molar-refractivity contribution in [2.45, 2.75) is 19.4 Å². The van der Waals surface area contributed by atoms with Gasteiger partial charge in [-0.2, -0.15) is 0 Å². The Morgan fingerprint density at radius 3 is 2.48 bits per heavy atom. The fourth-order valence-electron chi connectivity index (χ4n) is 3.16. The lowest BCUT2D eigenvalue weighted by Crippen LogP contribution is -2.30. The number of benzene rings is 3. The van der Waals surface area contributed by atoms with Crippen LogP contribution in [0.4, 0.5) is 4.39 Å². The van der Waals surface area contributed by atoms with Crippen molar-refractivity contribution in [3.05, 3.63) is 83.7 Å². The molecule has 0 heterocycles. The second kappa shape index (κ2) is 8.75. The van der Waals surface area contributed by atoms with Gasteiger partial charge in [0.1, 0.15) is 5.82 Å². The van der Waals surface area contributed by atoms with Crippen molar-refractivity contribution in [3.63, 3.8) is 0 Å². The first-order valence-corrected chi connectivity index (χ1v) is 8.91. The van der Waals surface area contributed by atoms with Gasteiger partial charge in [-0.1, -0.05) is 60.7 Å². The molecule has 130 valence electrons. The predicted molar refractivity (Wildman–Crippen MR) is 103 cm³/mol. The molecule has 3 heteroatoms. The minimum atomic E-state index is -0.119. The first-order chi connectivity index (χ1) is 12.3. The largest absolute Gasteiger partial charge is 0.315 e. The molecule has 2 nitrogen and oxygen atoms in total. The summed E-state index contributed by atoms with van der Waals surface area (Å²) in [5.41, 5.74) is 2.09. The van der Waals surface area contributed by atoms with E-state index in [1.54, 1.807) is 6.07 Å². The van der Waals surface area contributed by atoms with Crippen LogP contribution < -0.4 is 10.6 Å². The summed E-state index contributed by atoms with van der Waals surface area (Å²) in [4.78, 5) is 0. The molecular formula is C22H25FN2. The highest BCUT2D eigenvalue weighted by Gasteiger charge is 2.08. The Balaban J connectivity index is 1.43.